The zero-order valence-corrected chi connectivity index (χ0v) is 22.1. The van der Waals surface area contributed by atoms with Crippen molar-refractivity contribution in [1.82, 2.24) is 10.2 Å². The van der Waals surface area contributed by atoms with Gasteiger partial charge in [0.15, 0.2) is 17.5 Å². The predicted molar refractivity (Wildman–Crippen MR) is 143 cm³/mol. The Kier molecular flexibility index (Phi) is 13.5. The van der Waals surface area contributed by atoms with E-state index in [1.165, 1.54) is 0 Å². The number of hydrogen-bond acceptors (Lipinski definition) is 5. The number of guanidine groups is 1. The molecule has 7 nitrogen and oxygen atoms in total. The molecule has 0 saturated heterocycles. The summed E-state index contributed by atoms with van der Waals surface area (Å²) in [5.41, 5.74) is 1.99. The lowest BCUT2D eigenvalue weighted by atomic mass is 10.2. The minimum absolute atomic E-state index is 0. The first-order valence-electron chi connectivity index (χ1n) is 10.8. The summed E-state index contributed by atoms with van der Waals surface area (Å²) in [6.07, 6.45) is 1.01. The smallest absolute Gasteiger partial charge is 0.196 e. The zero-order valence-electron chi connectivity index (χ0n) is 19.8. The van der Waals surface area contributed by atoms with Crippen molar-refractivity contribution in [3.63, 3.8) is 0 Å². The van der Waals surface area contributed by atoms with E-state index in [1.807, 2.05) is 56.3 Å². The van der Waals surface area contributed by atoms with Crippen LogP contribution in [0.5, 0.6) is 17.2 Å². The fraction of sp³-hybridized carbons (Fsp3) is 0.458. The van der Waals surface area contributed by atoms with Crippen molar-refractivity contribution in [2.45, 2.75) is 26.8 Å². The van der Waals surface area contributed by atoms with Crippen LogP contribution in [0.4, 0.5) is 5.69 Å². The van der Waals surface area contributed by atoms with Crippen molar-refractivity contribution in [1.29, 1.82) is 0 Å². The van der Waals surface area contributed by atoms with Crippen molar-refractivity contribution < 1.29 is 14.2 Å². The monoisotopic (exact) mass is 556 g/mol. The lowest BCUT2D eigenvalue weighted by Gasteiger charge is -2.14. The van der Waals surface area contributed by atoms with E-state index >= 15 is 0 Å². The number of anilines is 1. The maximum atomic E-state index is 5.79. The molecule has 0 aromatic heterocycles. The fourth-order valence-corrected chi connectivity index (χ4v) is 2.90. The highest BCUT2D eigenvalue weighted by Crippen LogP contribution is 2.30. The number of methoxy groups -OCH3 is 1. The SMILES string of the molecule is CCNC(=NCc1ccc(OCCCN(C)C)cc1)Nc1ccc(OCC)c(OC)c1.I. The van der Waals surface area contributed by atoms with Crippen LogP contribution < -0.4 is 24.8 Å². The maximum absolute atomic E-state index is 5.79. The molecule has 0 heterocycles. The van der Waals surface area contributed by atoms with Gasteiger partial charge in [-0.1, -0.05) is 12.1 Å². The van der Waals surface area contributed by atoms with Crippen LogP contribution in [0.3, 0.4) is 0 Å². The molecule has 2 aromatic rings. The summed E-state index contributed by atoms with van der Waals surface area (Å²) in [5.74, 6) is 3.00. The molecule has 0 amide bonds. The van der Waals surface area contributed by atoms with Gasteiger partial charge < -0.3 is 29.7 Å². The highest BCUT2D eigenvalue weighted by atomic mass is 127. The molecule has 2 N–H and O–H groups in total. The Morgan fingerprint density at radius 1 is 1.00 bits per heavy atom. The third-order valence-corrected chi connectivity index (χ3v) is 4.43. The van der Waals surface area contributed by atoms with Gasteiger partial charge in [0.25, 0.3) is 0 Å². The minimum Gasteiger partial charge on any atom is -0.494 e. The molecule has 0 atom stereocenters. The highest BCUT2D eigenvalue weighted by molar-refractivity contribution is 14.0. The average molecular weight is 556 g/mol. The molecule has 178 valence electrons. The third-order valence-electron chi connectivity index (χ3n) is 4.43. The second-order valence-corrected chi connectivity index (χ2v) is 7.27. The Labute approximate surface area is 209 Å². The Balaban J connectivity index is 0.00000512. The molecule has 0 aliphatic rings. The van der Waals surface area contributed by atoms with Gasteiger partial charge in [0.1, 0.15) is 5.75 Å². The van der Waals surface area contributed by atoms with E-state index in [0.717, 1.165) is 48.9 Å². The summed E-state index contributed by atoms with van der Waals surface area (Å²) in [4.78, 5) is 6.85. The summed E-state index contributed by atoms with van der Waals surface area (Å²) in [7, 11) is 5.77. The molecule has 8 heteroatoms. The highest BCUT2D eigenvalue weighted by Gasteiger charge is 2.07. The number of nitrogens with one attached hydrogen (secondary N) is 2. The van der Waals surface area contributed by atoms with Gasteiger partial charge in [-0.15, -0.1) is 24.0 Å². The number of hydrogen-bond donors (Lipinski definition) is 2. The van der Waals surface area contributed by atoms with E-state index in [9.17, 15) is 0 Å². The molecule has 0 spiro atoms. The second-order valence-electron chi connectivity index (χ2n) is 7.27. The lowest BCUT2D eigenvalue weighted by Crippen LogP contribution is -2.30. The molecule has 0 aliphatic carbocycles. The number of nitrogens with zero attached hydrogens (tertiary/aromatic N) is 2. The van der Waals surface area contributed by atoms with E-state index in [1.54, 1.807) is 7.11 Å². The van der Waals surface area contributed by atoms with Gasteiger partial charge in [0.2, 0.25) is 0 Å². The van der Waals surface area contributed by atoms with Gasteiger partial charge in [-0.2, -0.15) is 0 Å². The summed E-state index contributed by atoms with van der Waals surface area (Å²) in [5, 5.41) is 6.60. The van der Waals surface area contributed by atoms with Crippen LogP contribution in [-0.2, 0) is 6.54 Å². The Hall–Kier alpha value is -2.20. The van der Waals surface area contributed by atoms with Crippen molar-refractivity contribution in [2.24, 2.45) is 4.99 Å². The quantitative estimate of drug-likeness (QED) is 0.172. The number of aliphatic imine (C=N–C) groups is 1. The molecule has 0 saturated carbocycles. The summed E-state index contributed by atoms with van der Waals surface area (Å²) >= 11 is 0. The maximum Gasteiger partial charge on any atom is 0.196 e. The first-order chi connectivity index (χ1) is 15.0. The minimum atomic E-state index is 0. The van der Waals surface area contributed by atoms with E-state index < -0.39 is 0 Å². The van der Waals surface area contributed by atoms with Gasteiger partial charge in [-0.3, -0.25) is 0 Å². The number of rotatable bonds is 12. The largest absolute Gasteiger partial charge is 0.494 e. The normalized spacial score (nSPS) is 11.0. The topological polar surface area (TPSA) is 67.4 Å². The Bertz CT molecular complexity index is 813. The number of halogens is 1. The molecule has 0 unspecified atom stereocenters. The summed E-state index contributed by atoms with van der Waals surface area (Å²) in [6.45, 7) is 7.64. The first-order valence-corrected chi connectivity index (χ1v) is 10.8. The summed E-state index contributed by atoms with van der Waals surface area (Å²) < 4.78 is 16.8. The Morgan fingerprint density at radius 3 is 2.38 bits per heavy atom. The molecule has 2 aromatic carbocycles. The van der Waals surface area contributed by atoms with Crippen molar-refractivity contribution in [3.8, 4) is 17.2 Å². The Morgan fingerprint density at radius 2 is 1.75 bits per heavy atom. The molecular formula is C24H37IN4O3. The van der Waals surface area contributed by atoms with Gasteiger partial charge in [0.05, 0.1) is 26.9 Å². The van der Waals surface area contributed by atoms with Gasteiger partial charge in [-0.05, 0) is 64.2 Å². The van der Waals surface area contributed by atoms with E-state index in [-0.39, 0.29) is 24.0 Å². The van der Waals surface area contributed by atoms with Crippen LogP contribution >= 0.6 is 24.0 Å². The van der Waals surface area contributed by atoms with E-state index in [2.05, 4.69) is 29.6 Å². The molecular weight excluding hydrogens is 519 g/mol. The summed E-state index contributed by atoms with van der Waals surface area (Å²) in [6, 6.07) is 13.8. The van der Waals surface area contributed by atoms with Crippen molar-refractivity contribution >= 4 is 35.6 Å². The second kappa shape index (κ2) is 15.6. The third kappa shape index (κ3) is 9.95. The van der Waals surface area contributed by atoms with Crippen LogP contribution in [0.25, 0.3) is 0 Å². The van der Waals surface area contributed by atoms with Crippen LogP contribution in [0.1, 0.15) is 25.8 Å². The van der Waals surface area contributed by atoms with E-state index in [4.69, 9.17) is 19.2 Å². The first kappa shape index (κ1) is 27.8. The van der Waals surface area contributed by atoms with Crippen LogP contribution in [0.2, 0.25) is 0 Å². The van der Waals surface area contributed by atoms with Crippen LogP contribution in [0.15, 0.2) is 47.5 Å². The fourth-order valence-electron chi connectivity index (χ4n) is 2.90. The van der Waals surface area contributed by atoms with Gasteiger partial charge in [0, 0.05) is 24.8 Å². The predicted octanol–water partition coefficient (Wildman–Crippen LogP) is 4.62. The lowest BCUT2D eigenvalue weighted by molar-refractivity contribution is 0.281. The van der Waals surface area contributed by atoms with Crippen LogP contribution in [-0.4, -0.2) is 58.4 Å². The van der Waals surface area contributed by atoms with Gasteiger partial charge >= 0.3 is 0 Å². The number of ether oxygens (including phenoxy) is 3. The molecule has 0 radical (unpaired) electrons. The molecule has 0 fully saturated rings. The molecule has 0 bridgehead atoms. The molecule has 2 rings (SSSR count). The molecule has 0 aliphatic heterocycles. The van der Waals surface area contributed by atoms with Crippen LogP contribution in [0, 0.1) is 0 Å². The average Bonchev–Trinajstić information content (AvgIpc) is 2.77. The number of benzene rings is 2. The zero-order chi connectivity index (χ0) is 22.5. The van der Waals surface area contributed by atoms with Crippen molar-refractivity contribution in [2.75, 3.05) is 52.8 Å². The van der Waals surface area contributed by atoms with Crippen molar-refractivity contribution in [3.05, 3.63) is 48.0 Å². The molecule has 32 heavy (non-hydrogen) atoms. The van der Waals surface area contributed by atoms with E-state index in [0.29, 0.717) is 24.9 Å². The standard InChI is InChI=1S/C24H36N4O3.HI/c1-6-25-24(27-20-11-14-22(30-7-2)23(17-20)29-5)26-18-19-9-12-21(13-10-19)31-16-8-15-28(3)4;/h9-14,17H,6-8,15-16,18H2,1-5H3,(H2,25,26,27);1H. The van der Waals surface area contributed by atoms with Gasteiger partial charge in [-0.25, -0.2) is 4.99 Å².